The predicted octanol–water partition coefficient (Wildman–Crippen LogP) is 0.845. The monoisotopic (exact) mass is 205 g/mol. The van der Waals surface area contributed by atoms with Crippen LogP contribution >= 0.6 is 0 Å². The number of hydrogen-bond acceptors (Lipinski definition) is 3. The average molecular weight is 205 g/mol. The Morgan fingerprint density at radius 3 is 3.00 bits per heavy atom. The molecule has 5 nitrogen and oxygen atoms in total. The third-order valence-corrected chi connectivity index (χ3v) is 1.55. The number of carbonyl (C=O) groups excluding carboxylic acids is 1. The molecule has 0 bridgehead atoms. The number of ether oxygens (including phenoxy) is 1. The van der Waals surface area contributed by atoms with Gasteiger partial charge in [0.1, 0.15) is 0 Å². The molecule has 78 valence electrons. The number of nitrogens with one attached hydrogen (secondary N) is 2. The van der Waals surface area contributed by atoms with Crippen LogP contribution < -0.4 is 15.4 Å². The zero-order valence-electron chi connectivity index (χ0n) is 8.28. The molecule has 0 aromatic carbocycles. The van der Waals surface area contributed by atoms with Gasteiger partial charge in [0.2, 0.25) is 5.88 Å². The molecule has 1 aromatic heterocycles. The summed E-state index contributed by atoms with van der Waals surface area (Å²) in [6.07, 6.45) is 6.48. The molecule has 1 aromatic rings. The third kappa shape index (κ3) is 3.56. The SMILES string of the molecule is C#CCNC(=O)Nc1ccc(OC)nc1. The van der Waals surface area contributed by atoms with E-state index in [-0.39, 0.29) is 12.6 Å². The Bertz CT molecular complexity index is 367. The van der Waals surface area contributed by atoms with E-state index in [1.54, 1.807) is 12.1 Å². The number of anilines is 1. The smallest absolute Gasteiger partial charge is 0.320 e. The van der Waals surface area contributed by atoms with Crippen LogP contribution in [0.5, 0.6) is 5.88 Å². The van der Waals surface area contributed by atoms with Crippen LogP contribution in [0.3, 0.4) is 0 Å². The van der Waals surface area contributed by atoms with Gasteiger partial charge in [-0.15, -0.1) is 6.42 Å². The van der Waals surface area contributed by atoms with E-state index in [0.29, 0.717) is 11.6 Å². The number of nitrogens with zero attached hydrogens (tertiary/aromatic N) is 1. The maximum Gasteiger partial charge on any atom is 0.320 e. The van der Waals surface area contributed by atoms with Crippen LogP contribution in [0.4, 0.5) is 10.5 Å². The molecule has 0 saturated carbocycles. The highest BCUT2D eigenvalue weighted by Gasteiger charge is 2.00. The number of pyridine rings is 1. The maximum absolute atomic E-state index is 11.1. The van der Waals surface area contributed by atoms with E-state index in [2.05, 4.69) is 21.5 Å². The standard InChI is InChI=1S/C10H11N3O2/c1-3-6-11-10(14)13-8-4-5-9(15-2)12-7-8/h1,4-5,7H,6H2,2H3,(H2,11,13,14). The second-order valence-corrected chi connectivity index (χ2v) is 2.60. The summed E-state index contributed by atoms with van der Waals surface area (Å²) < 4.78 is 4.87. The average Bonchev–Trinajstić information content (AvgIpc) is 2.27. The molecular formula is C10H11N3O2. The predicted molar refractivity (Wildman–Crippen MR) is 56.6 cm³/mol. The van der Waals surface area contributed by atoms with Gasteiger partial charge >= 0.3 is 6.03 Å². The lowest BCUT2D eigenvalue weighted by Gasteiger charge is -2.05. The fourth-order valence-electron chi connectivity index (χ4n) is 0.882. The van der Waals surface area contributed by atoms with E-state index < -0.39 is 0 Å². The second-order valence-electron chi connectivity index (χ2n) is 2.60. The first-order valence-corrected chi connectivity index (χ1v) is 4.24. The van der Waals surface area contributed by atoms with Crippen LogP contribution in [0.15, 0.2) is 18.3 Å². The molecule has 5 heteroatoms. The number of rotatable bonds is 3. The fourth-order valence-corrected chi connectivity index (χ4v) is 0.882. The van der Waals surface area contributed by atoms with Crippen molar-refractivity contribution in [2.75, 3.05) is 19.0 Å². The summed E-state index contributed by atoms with van der Waals surface area (Å²) in [6, 6.07) is 2.97. The summed E-state index contributed by atoms with van der Waals surface area (Å²) in [6.45, 7) is 0.190. The van der Waals surface area contributed by atoms with Crippen molar-refractivity contribution in [3.05, 3.63) is 18.3 Å². The number of methoxy groups -OCH3 is 1. The fraction of sp³-hybridized carbons (Fsp3) is 0.200. The first-order valence-electron chi connectivity index (χ1n) is 4.24. The van der Waals surface area contributed by atoms with Crippen LogP contribution in [0.2, 0.25) is 0 Å². The normalized spacial score (nSPS) is 8.80. The number of amides is 2. The Morgan fingerprint density at radius 1 is 1.67 bits per heavy atom. The van der Waals surface area contributed by atoms with Crippen molar-refractivity contribution < 1.29 is 9.53 Å². The lowest BCUT2D eigenvalue weighted by atomic mass is 10.4. The van der Waals surface area contributed by atoms with Gasteiger partial charge in [0.15, 0.2) is 0 Å². The van der Waals surface area contributed by atoms with Crippen molar-refractivity contribution in [2.24, 2.45) is 0 Å². The molecule has 2 amide bonds. The van der Waals surface area contributed by atoms with Crippen molar-refractivity contribution in [2.45, 2.75) is 0 Å². The Kier molecular flexibility index (Phi) is 3.98. The first-order chi connectivity index (χ1) is 7.26. The lowest BCUT2D eigenvalue weighted by Crippen LogP contribution is -2.28. The van der Waals surface area contributed by atoms with Crippen LogP contribution in [0, 0.1) is 12.3 Å². The van der Waals surface area contributed by atoms with E-state index >= 15 is 0 Å². The first kappa shape index (κ1) is 10.9. The van der Waals surface area contributed by atoms with Crippen LogP contribution in [-0.4, -0.2) is 24.7 Å². The molecule has 2 N–H and O–H groups in total. The van der Waals surface area contributed by atoms with Crippen molar-refractivity contribution in [1.29, 1.82) is 0 Å². The summed E-state index contributed by atoms with van der Waals surface area (Å²) in [5.74, 6) is 2.79. The van der Waals surface area contributed by atoms with Crippen molar-refractivity contribution in [1.82, 2.24) is 10.3 Å². The van der Waals surface area contributed by atoms with Gasteiger partial charge in [0, 0.05) is 6.07 Å². The zero-order chi connectivity index (χ0) is 11.1. The van der Waals surface area contributed by atoms with E-state index in [4.69, 9.17) is 11.2 Å². The highest BCUT2D eigenvalue weighted by atomic mass is 16.5. The zero-order valence-corrected chi connectivity index (χ0v) is 8.28. The molecule has 0 fully saturated rings. The van der Waals surface area contributed by atoms with Gasteiger partial charge < -0.3 is 15.4 Å². The van der Waals surface area contributed by atoms with Gasteiger partial charge in [-0.25, -0.2) is 9.78 Å². The Hall–Kier alpha value is -2.22. The van der Waals surface area contributed by atoms with Crippen LogP contribution in [0.25, 0.3) is 0 Å². The van der Waals surface area contributed by atoms with Gasteiger partial charge in [-0.1, -0.05) is 5.92 Å². The Morgan fingerprint density at radius 2 is 2.47 bits per heavy atom. The summed E-state index contributed by atoms with van der Waals surface area (Å²) in [5, 5.41) is 5.03. The molecule has 0 saturated heterocycles. The summed E-state index contributed by atoms with van der Waals surface area (Å²) in [4.78, 5) is 15.1. The van der Waals surface area contributed by atoms with Gasteiger partial charge in [-0.2, -0.15) is 0 Å². The lowest BCUT2D eigenvalue weighted by molar-refractivity contribution is 0.253. The molecule has 0 unspecified atom stereocenters. The highest BCUT2D eigenvalue weighted by Crippen LogP contribution is 2.10. The quantitative estimate of drug-likeness (QED) is 0.719. The van der Waals surface area contributed by atoms with Crippen LogP contribution in [0.1, 0.15) is 0 Å². The Labute approximate surface area is 87.8 Å². The molecule has 0 spiro atoms. The van der Waals surface area contributed by atoms with Crippen molar-refractivity contribution in [3.8, 4) is 18.2 Å². The van der Waals surface area contributed by atoms with Gasteiger partial charge in [0.05, 0.1) is 25.5 Å². The van der Waals surface area contributed by atoms with Gasteiger partial charge in [-0.3, -0.25) is 0 Å². The van der Waals surface area contributed by atoms with Crippen molar-refractivity contribution in [3.63, 3.8) is 0 Å². The van der Waals surface area contributed by atoms with E-state index in [1.165, 1.54) is 13.3 Å². The molecule has 0 atom stereocenters. The highest BCUT2D eigenvalue weighted by molar-refractivity contribution is 5.89. The van der Waals surface area contributed by atoms with E-state index in [0.717, 1.165) is 0 Å². The largest absolute Gasteiger partial charge is 0.481 e. The minimum Gasteiger partial charge on any atom is -0.481 e. The summed E-state index contributed by atoms with van der Waals surface area (Å²) in [5.41, 5.74) is 0.574. The maximum atomic E-state index is 11.1. The molecule has 1 rings (SSSR count). The van der Waals surface area contributed by atoms with Crippen LogP contribution in [-0.2, 0) is 0 Å². The third-order valence-electron chi connectivity index (χ3n) is 1.55. The molecule has 0 aliphatic carbocycles. The Balaban J connectivity index is 2.50. The minimum absolute atomic E-state index is 0.190. The second kappa shape index (κ2) is 5.50. The molecule has 0 aliphatic heterocycles. The molecule has 0 radical (unpaired) electrons. The number of urea groups is 1. The molecule has 15 heavy (non-hydrogen) atoms. The number of carbonyl (C=O) groups is 1. The number of aromatic nitrogens is 1. The minimum atomic E-state index is -0.361. The summed E-state index contributed by atoms with van der Waals surface area (Å²) in [7, 11) is 1.52. The van der Waals surface area contributed by atoms with E-state index in [1.807, 2.05) is 0 Å². The molecule has 1 heterocycles. The van der Waals surface area contributed by atoms with E-state index in [9.17, 15) is 4.79 Å². The number of terminal acetylenes is 1. The number of hydrogen-bond donors (Lipinski definition) is 2. The summed E-state index contributed by atoms with van der Waals surface area (Å²) >= 11 is 0. The van der Waals surface area contributed by atoms with Gasteiger partial charge in [-0.05, 0) is 6.07 Å². The molecular weight excluding hydrogens is 194 g/mol. The van der Waals surface area contributed by atoms with Crippen molar-refractivity contribution >= 4 is 11.7 Å². The van der Waals surface area contributed by atoms with Gasteiger partial charge in [0.25, 0.3) is 0 Å². The topological polar surface area (TPSA) is 63.2 Å². The molecule has 0 aliphatic rings.